The number of urea groups is 1. The van der Waals surface area contributed by atoms with Crippen LogP contribution in [0.2, 0.25) is 0 Å². The number of anilines is 1. The lowest BCUT2D eigenvalue weighted by atomic mass is 9.82. The smallest absolute Gasteiger partial charge is 0.319 e. The molecule has 0 aromatic heterocycles. The second kappa shape index (κ2) is 6.61. The number of hydrogen-bond acceptors (Lipinski definition) is 3. The summed E-state index contributed by atoms with van der Waals surface area (Å²) in [5.41, 5.74) is 6.77. The second-order valence-corrected chi connectivity index (χ2v) is 5.46. The molecule has 0 saturated heterocycles. The van der Waals surface area contributed by atoms with E-state index >= 15 is 0 Å². The summed E-state index contributed by atoms with van der Waals surface area (Å²) in [7, 11) is 1.61. The molecule has 0 spiro atoms. The van der Waals surface area contributed by atoms with Gasteiger partial charge in [0.25, 0.3) is 0 Å². The van der Waals surface area contributed by atoms with Gasteiger partial charge in [-0.3, -0.25) is 0 Å². The fraction of sp³-hybridized carbons (Fsp3) is 0.533. The number of methoxy groups -OCH3 is 1. The summed E-state index contributed by atoms with van der Waals surface area (Å²) < 4.78 is 5.07. The monoisotopic (exact) mass is 277 g/mol. The molecule has 2 rings (SSSR count). The number of nitrogens with one attached hydrogen (secondary N) is 2. The first kappa shape index (κ1) is 14.7. The molecule has 1 aromatic rings. The molecule has 1 aliphatic rings. The van der Waals surface area contributed by atoms with E-state index in [1.807, 2.05) is 0 Å². The van der Waals surface area contributed by atoms with Crippen LogP contribution in [-0.2, 0) is 0 Å². The predicted molar refractivity (Wildman–Crippen MR) is 80.0 cm³/mol. The summed E-state index contributed by atoms with van der Waals surface area (Å²) >= 11 is 0. The molecule has 2 amide bonds. The first-order chi connectivity index (χ1) is 9.61. The fourth-order valence-electron chi connectivity index (χ4n) is 2.54. The molecule has 110 valence electrons. The molecule has 0 atom stereocenters. The molecule has 1 fully saturated rings. The number of benzene rings is 1. The molecule has 0 bridgehead atoms. The molecule has 5 heteroatoms. The number of ether oxygens (including phenoxy) is 1. The minimum absolute atomic E-state index is 0.217. The van der Waals surface area contributed by atoms with Gasteiger partial charge >= 0.3 is 6.03 Å². The lowest BCUT2D eigenvalue weighted by Crippen LogP contribution is -2.52. The molecule has 0 aliphatic heterocycles. The van der Waals surface area contributed by atoms with E-state index in [2.05, 4.69) is 10.6 Å². The summed E-state index contributed by atoms with van der Waals surface area (Å²) in [6.07, 6.45) is 5.51. The van der Waals surface area contributed by atoms with E-state index in [9.17, 15) is 4.79 Å². The number of hydrogen-bond donors (Lipinski definition) is 3. The highest BCUT2D eigenvalue weighted by atomic mass is 16.5. The first-order valence-corrected chi connectivity index (χ1v) is 7.09. The van der Waals surface area contributed by atoms with Crippen LogP contribution in [0.25, 0.3) is 0 Å². The van der Waals surface area contributed by atoms with E-state index in [4.69, 9.17) is 10.5 Å². The Morgan fingerprint density at radius 2 is 1.90 bits per heavy atom. The molecule has 0 unspecified atom stereocenters. The Hall–Kier alpha value is -1.75. The predicted octanol–water partition coefficient (Wildman–Crippen LogP) is 2.48. The molecule has 0 radical (unpaired) electrons. The van der Waals surface area contributed by atoms with Crippen LogP contribution in [0.4, 0.5) is 10.5 Å². The van der Waals surface area contributed by atoms with Crippen molar-refractivity contribution < 1.29 is 9.53 Å². The quantitative estimate of drug-likeness (QED) is 0.791. The largest absolute Gasteiger partial charge is 0.497 e. The van der Waals surface area contributed by atoms with Crippen LogP contribution >= 0.6 is 0 Å². The van der Waals surface area contributed by atoms with Crippen LogP contribution in [-0.4, -0.2) is 25.2 Å². The van der Waals surface area contributed by atoms with Crippen molar-refractivity contribution in [2.45, 2.75) is 37.6 Å². The van der Waals surface area contributed by atoms with Gasteiger partial charge in [0.1, 0.15) is 5.75 Å². The zero-order valence-electron chi connectivity index (χ0n) is 11.9. The van der Waals surface area contributed by atoms with Gasteiger partial charge in [-0.15, -0.1) is 0 Å². The van der Waals surface area contributed by atoms with E-state index in [1.165, 1.54) is 6.42 Å². The van der Waals surface area contributed by atoms with Crippen molar-refractivity contribution in [1.29, 1.82) is 0 Å². The number of rotatable bonds is 4. The zero-order chi connectivity index (χ0) is 14.4. The lowest BCUT2D eigenvalue weighted by molar-refractivity contribution is 0.241. The average molecular weight is 277 g/mol. The maximum atomic E-state index is 11.8. The minimum Gasteiger partial charge on any atom is -0.497 e. The molecule has 0 heterocycles. The lowest BCUT2D eigenvalue weighted by Gasteiger charge is -2.33. The van der Waals surface area contributed by atoms with Crippen LogP contribution in [0.3, 0.4) is 0 Å². The Balaban J connectivity index is 1.79. The fourth-order valence-corrected chi connectivity index (χ4v) is 2.54. The van der Waals surface area contributed by atoms with Crippen molar-refractivity contribution in [2.75, 3.05) is 19.0 Å². The Labute approximate surface area is 119 Å². The van der Waals surface area contributed by atoms with E-state index in [0.717, 1.165) is 37.1 Å². The normalized spacial score (nSPS) is 17.3. The molecule has 1 aliphatic carbocycles. The highest BCUT2D eigenvalue weighted by Crippen LogP contribution is 2.25. The highest BCUT2D eigenvalue weighted by molar-refractivity contribution is 5.89. The Kier molecular flexibility index (Phi) is 4.84. The van der Waals surface area contributed by atoms with Crippen LogP contribution in [0.15, 0.2) is 24.3 Å². The van der Waals surface area contributed by atoms with Crippen molar-refractivity contribution in [3.63, 3.8) is 0 Å². The second-order valence-electron chi connectivity index (χ2n) is 5.46. The topological polar surface area (TPSA) is 76.4 Å². The maximum absolute atomic E-state index is 11.8. The van der Waals surface area contributed by atoms with E-state index in [-0.39, 0.29) is 11.6 Å². The SMILES string of the molecule is COc1ccc(NC(=O)NCC2(N)CCCCC2)cc1. The number of amides is 2. The van der Waals surface area contributed by atoms with Crippen molar-refractivity contribution >= 4 is 11.7 Å². The molecule has 1 aromatic carbocycles. The van der Waals surface area contributed by atoms with Gasteiger partial charge in [-0.25, -0.2) is 4.79 Å². The van der Waals surface area contributed by atoms with E-state index < -0.39 is 0 Å². The van der Waals surface area contributed by atoms with Crippen molar-refractivity contribution in [3.05, 3.63) is 24.3 Å². The third-order valence-electron chi connectivity index (χ3n) is 3.80. The Morgan fingerprint density at radius 1 is 1.25 bits per heavy atom. The van der Waals surface area contributed by atoms with Gasteiger partial charge < -0.3 is 21.1 Å². The molecule has 4 N–H and O–H groups in total. The zero-order valence-corrected chi connectivity index (χ0v) is 11.9. The van der Waals surface area contributed by atoms with Gasteiger partial charge in [-0.05, 0) is 37.1 Å². The van der Waals surface area contributed by atoms with Crippen molar-refractivity contribution in [3.8, 4) is 5.75 Å². The van der Waals surface area contributed by atoms with E-state index in [0.29, 0.717) is 6.54 Å². The molecular formula is C15H23N3O2. The standard InChI is InChI=1S/C15H23N3O2/c1-20-13-7-5-12(6-8-13)18-14(19)17-11-15(16)9-3-2-4-10-15/h5-8H,2-4,9-11,16H2,1H3,(H2,17,18,19). The third-order valence-corrected chi connectivity index (χ3v) is 3.80. The van der Waals surface area contributed by atoms with Crippen molar-refractivity contribution in [2.24, 2.45) is 5.73 Å². The Bertz CT molecular complexity index is 439. The van der Waals surface area contributed by atoms with Gasteiger partial charge in [0.05, 0.1) is 7.11 Å². The number of carbonyl (C=O) groups is 1. The van der Waals surface area contributed by atoms with Gasteiger partial charge in [0.15, 0.2) is 0 Å². The average Bonchev–Trinajstić information content (AvgIpc) is 2.47. The van der Waals surface area contributed by atoms with Crippen LogP contribution in [0.5, 0.6) is 5.75 Å². The van der Waals surface area contributed by atoms with Gasteiger partial charge in [-0.2, -0.15) is 0 Å². The summed E-state index contributed by atoms with van der Waals surface area (Å²) in [6.45, 7) is 0.523. The number of nitrogens with two attached hydrogens (primary N) is 1. The minimum atomic E-state index is -0.241. The van der Waals surface area contributed by atoms with Gasteiger partial charge in [0, 0.05) is 17.8 Å². The summed E-state index contributed by atoms with van der Waals surface area (Å²) in [6, 6.07) is 7.00. The van der Waals surface area contributed by atoms with Crippen LogP contribution in [0.1, 0.15) is 32.1 Å². The van der Waals surface area contributed by atoms with Gasteiger partial charge in [-0.1, -0.05) is 19.3 Å². The van der Waals surface area contributed by atoms with E-state index in [1.54, 1.807) is 31.4 Å². The van der Waals surface area contributed by atoms with Crippen molar-refractivity contribution in [1.82, 2.24) is 5.32 Å². The molecule has 20 heavy (non-hydrogen) atoms. The third kappa shape index (κ3) is 4.13. The molecule has 5 nitrogen and oxygen atoms in total. The van der Waals surface area contributed by atoms with Gasteiger partial charge in [0.2, 0.25) is 0 Å². The maximum Gasteiger partial charge on any atom is 0.319 e. The summed E-state index contributed by atoms with van der Waals surface area (Å²) in [5, 5.41) is 5.65. The van der Waals surface area contributed by atoms with Crippen LogP contribution in [0, 0.1) is 0 Å². The summed E-state index contributed by atoms with van der Waals surface area (Å²) in [4.78, 5) is 11.8. The molecule has 1 saturated carbocycles. The Morgan fingerprint density at radius 3 is 2.50 bits per heavy atom. The molecular weight excluding hydrogens is 254 g/mol. The first-order valence-electron chi connectivity index (χ1n) is 7.09. The highest BCUT2D eigenvalue weighted by Gasteiger charge is 2.27. The van der Waals surface area contributed by atoms with Crippen LogP contribution < -0.4 is 21.1 Å². The summed E-state index contributed by atoms with van der Waals surface area (Å²) in [5.74, 6) is 0.763. The number of carbonyl (C=O) groups excluding carboxylic acids is 1.